The van der Waals surface area contributed by atoms with Crippen molar-refractivity contribution in [3.8, 4) is 0 Å². The number of aliphatic hydroxyl groups is 2. The van der Waals surface area contributed by atoms with Crippen LogP contribution >= 0.6 is 0 Å². The van der Waals surface area contributed by atoms with E-state index >= 15 is 0 Å². The Morgan fingerprint density at radius 2 is 0.683 bits per heavy atom. The van der Waals surface area contributed by atoms with Gasteiger partial charge in [-0.2, -0.15) is 0 Å². The highest BCUT2D eigenvalue weighted by molar-refractivity contribution is 5.66. The Bertz CT molecular complexity index is 468. The normalized spacial score (nSPS) is 11.1. The SMILES string of the molecule is CCCCCCCCCCCCCCCCCCCC(=O)O.CCCCCCCCCCCCN(CCO)CCO. The van der Waals surface area contributed by atoms with Crippen molar-refractivity contribution in [2.75, 3.05) is 32.8 Å². The molecule has 0 aromatic rings. The summed E-state index contributed by atoms with van der Waals surface area (Å²) in [6, 6.07) is 0. The summed E-state index contributed by atoms with van der Waals surface area (Å²) >= 11 is 0. The fourth-order valence-corrected chi connectivity index (χ4v) is 5.44. The van der Waals surface area contributed by atoms with E-state index in [-0.39, 0.29) is 13.2 Å². The highest BCUT2D eigenvalue weighted by Crippen LogP contribution is 2.14. The van der Waals surface area contributed by atoms with Crippen LogP contribution < -0.4 is 0 Å². The van der Waals surface area contributed by atoms with Gasteiger partial charge < -0.3 is 15.3 Å². The minimum Gasteiger partial charge on any atom is -0.481 e. The highest BCUT2D eigenvalue weighted by atomic mass is 16.4. The van der Waals surface area contributed by atoms with Gasteiger partial charge in [0.15, 0.2) is 0 Å². The Morgan fingerprint density at radius 1 is 0.415 bits per heavy atom. The molecule has 0 aliphatic rings. The van der Waals surface area contributed by atoms with E-state index in [1.54, 1.807) is 0 Å². The van der Waals surface area contributed by atoms with E-state index in [0.29, 0.717) is 19.5 Å². The fourth-order valence-electron chi connectivity index (χ4n) is 5.44. The lowest BCUT2D eigenvalue weighted by molar-refractivity contribution is -0.137. The molecule has 0 amide bonds. The van der Waals surface area contributed by atoms with Crippen LogP contribution in [-0.4, -0.2) is 59.0 Å². The molecule has 0 radical (unpaired) electrons. The van der Waals surface area contributed by atoms with Crippen LogP contribution in [0.1, 0.15) is 194 Å². The minimum atomic E-state index is -0.652. The van der Waals surface area contributed by atoms with Crippen LogP contribution in [0.15, 0.2) is 0 Å². The maximum atomic E-state index is 10.4. The summed E-state index contributed by atoms with van der Waals surface area (Å²) in [6.45, 7) is 7.32. The third kappa shape index (κ3) is 41.5. The summed E-state index contributed by atoms with van der Waals surface area (Å²) in [4.78, 5) is 12.5. The molecular formula is C36H75NO4. The summed E-state index contributed by atoms with van der Waals surface area (Å²) in [5.74, 6) is -0.652. The van der Waals surface area contributed by atoms with Gasteiger partial charge in [-0.25, -0.2) is 0 Å². The average Bonchev–Trinajstić information content (AvgIpc) is 2.96. The van der Waals surface area contributed by atoms with E-state index < -0.39 is 5.97 Å². The van der Waals surface area contributed by atoms with E-state index in [9.17, 15) is 4.79 Å². The quantitative estimate of drug-likeness (QED) is 0.0668. The minimum absolute atomic E-state index is 0.192. The van der Waals surface area contributed by atoms with Crippen LogP contribution in [-0.2, 0) is 4.79 Å². The standard InChI is InChI=1S/C20H40O2.C16H35NO2/c1-2-3-4-5-6-7-8-9-10-11-12-13-14-15-16-17-18-19-20(21)22;1-2-3-4-5-6-7-8-9-10-11-12-17(13-15-18)14-16-19/h2-19H2,1H3,(H,21,22);18-19H,2-16H2,1H3. The van der Waals surface area contributed by atoms with Crippen molar-refractivity contribution in [2.24, 2.45) is 0 Å². The predicted molar refractivity (Wildman–Crippen MR) is 179 cm³/mol. The molecule has 5 heteroatoms. The van der Waals surface area contributed by atoms with Gasteiger partial charge in [-0.1, -0.05) is 174 Å². The van der Waals surface area contributed by atoms with Crippen LogP contribution in [0.3, 0.4) is 0 Å². The molecule has 0 aromatic carbocycles. The van der Waals surface area contributed by atoms with Gasteiger partial charge in [0.2, 0.25) is 0 Å². The van der Waals surface area contributed by atoms with Crippen molar-refractivity contribution < 1.29 is 20.1 Å². The Balaban J connectivity index is 0. The maximum Gasteiger partial charge on any atom is 0.303 e. The lowest BCUT2D eigenvalue weighted by atomic mass is 10.0. The molecule has 0 bridgehead atoms. The van der Waals surface area contributed by atoms with Gasteiger partial charge in [0.05, 0.1) is 13.2 Å². The molecule has 41 heavy (non-hydrogen) atoms. The third-order valence-corrected chi connectivity index (χ3v) is 8.15. The molecule has 3 N–H and O–H groups in total. The first-order valence-corrected chi connectivity index (χ1v) is 18.3. The zero-order chi connectivity index (χ0) is 30.5. The number of hydrogen-bond donors (Lipinski definition) is 3. The number of nitrogens with zero attached hydrogens (tertiary/aromatic N) is 1. The maximum absolute atomic E-state index is 10.4. The molecule has 5 nitrogen and oxygen atoms in total. The molecule has 0 rings (SSSR count). The summed E-state index contributed by atoms with van der Waals surface area (Å²) < 4.78 is 0. The zero-order valence-electron chi connectivity index (χ0n) is 28.0. The molecule has 0 atom stereocenters. The summed E-state index contributed by atoms with van der Waals surface area (Å²) in [6.07, 6.45) is 36.7. The van der Waals surface area contributed by atoms with Crippen LogP contribution in [0.2, 0.25) is 0 Å². The van der Waals surface area contributed by atoms with Crippen molar-refractivity contribution >= 4 is 5.97 Å². The van der Waals surface area contributed by atoms with Gasteiger partial charge in [0.1, 0.15) is 0 Å². The van der Waals surface area contributed by atoms with E-state index in [0.717, 1.165) is 19.4 Å². The monoisotopic (exact) mass is 586 g/mol. The molecule has 248 valence electrons. The zero-order valence-corrected chi connectivity index (χ0v) is 28.0. The molecule has 0 spiro atoms. The number of carboxylic acids is 1. The lowest BCUT2D eigenvalue weighted by Crippen LogP contribution is -2.30. The smallest absolute Gasteiger partial charge is 0.303 e. The van der Waals surface area contributed by atoms with Gasteiger partial charge in [-0.05, 0) is 19.4 Å². The van der Waals surface area contributed by atoms with Gasteiger partial charge in [-0.3, -0.25) is 9.69 Å². The Morgan fingerprint density at radius 3 is 0.951 bits per heavy atom. The second kappa shape index (κ2) is 39.4. The topological polar surface area (TPSA) is 81.0 Å². The number of carbonyl (C=O) groups is 1. The van der Waals surface area contributed by atoms with Gasteiger partial charge >= 0.3 is 5.97 Å². The van der Waals surface area contributed by atoms with Crippen molar-refractivity contribution in [3.05, 3.63) is 0 Å². The number of hydrogen-bond acceptors (Lipinski definition) is 4. The average molecular weight is 586 g/mol. The molecule has 0 aromatic heterocycles. The van der Waals surface area contributed by atoms with Crippen molar-refractivity contribution in [3.63, 3.8) is 0 Å². The van der Waals surface area contributed by atoms with E-state index in [1.165, 1.54) is 161 Å². The summed E-state index contributed by atoms with van der Waals surface area (Å²) in [5, 5.41) is 26.3. The predicted octanol–water partition coefficient (Wildman–Crippen LogP) is 10.3. The Kier molecular flexibility index (Phi) is 40.8. The van der Waals surface area contributed by atoms with Gasteiger partial charge in [0, 0.05) is 19.5 Å². The van der Waals surface area contributed by atoms with E-state index in [4.69, 9.17) is 15.3 Å². The second-order valence-corrected chi connectivity index (χ2v) is 12.3. The third-order valence-electron chi connectivity index (χ3n) is 8.15. The van der Waals surface area contributed by atoms with Crippen molar-refractivity contribution in [1.82, 2.24) is 4.90 Å². The van der Waals surface area contributed by atoms with Crippen molar-refractivity contribution in [2.45, 2.75) is 194 Å². The van der Waals surface area contributed by atoms with Crippen LogP contribution in [0.5, 0.6) is 0 Å². The molecule has 0 heterocycles. The van der Waals surface area contributed by atoms with E-state index in [1.807, 2.05) is 0 Å². The van der Waals surface area contributed by atoms with Crippen molar-refractivity contribution in [1.29, 1.82) is 0 Å². The Labute approximate surface area is 257 Å². The molecular weight excluding hydrogens is 510 g/mol. The molecule has 0 saturated carbocycles. The molecule has 0 fully saturated rings. The summed E-state index contributed by atoms with van der Waals surface area (Å²) in [7, 11) is 0. The van der Waals surface area contributed by atoms with Crippen LogP contribution in [0, 0.1) is 0 Å². The van der Waals surface area contributed by atoms with Gasteiger partial charge in [0.25, 0.3) is 0 Å². The molecule has 0 aliphatic carbocycles. The number of rotatable bonds is 33. The lowest BCUT2D eigenvalue weighted by Gasteiger charge is -2.19. The molecule has 0 saturated heterocycles. The van der Waals surface area contributed by atoms with Crippen LogP contribution in [0.25, 0.3) is 0 Å². The first kappa shape index (κ1) is 42.5. The summed E-state index contributed by atoms with van der Waals surface area (Å²) in [5.41, 5.74) is 0. The number of unbranched alkanes of at least 4 members (excludes halogenated alkanes) is 25. The largest absolute Gasteiger partial charge is 0.481 e. The Hall–Kier alpha value is -0.650. The number of carboxylic acid groups (broad SMARTS) is 1. The van der Waals surface area contributed by atoms with E-state index in [2.05, 4.69) is 18.7 Å². The van der Waals surface area contributed by atoms with Gasteiger partial charge in [-0.15, -0.1) is 0 Å². The second-order valence-electron chi connectivity index (χ2n) is 12.3. The number of aliphatic carboxylic acids is 1. The first-order valence-electron chi connectivity index (χ1n) is 18.3. The van der Waals surface area contributed by atoms with Crippen LogP contribution in [0.4, 0.5) is 0 Å². The number of aliphatic hydroxyl groups excluding tert-OH is 2. The fraction of sp³-hybridized carbons (Fsp3) is 0.972. The first-order chi connectivity index (χ1) is 20.1. The highest BCUT2D eigenvalue weighted by Gasteiger charge is 2.02. The molecule has 0 aliphatic heterocycles. The molecule has 0 unspecified atom stereocenters.